The zero-order valence-electron chi connectivity index (χ0n) is 18.8. The van der Waals surface area contributed by atoms with Crippen molar-refractivity contribution in [3.63, 3.8) is 0 Å². The van der Waals surface area contributed by atoms with E-state index in [-0.39, 0.29) is 5.69 Å². The van der Waals surface area contributed by atoms with Gasteiger partial charge in [0.15, 0.2) is 6.20 Å². The van der Waals surface area contributed by atoms with Crippen molar-refractivity contribution in [2.75, 3.05) is 0 Å². The fourth-order valence-corrected chi connectivity index (χ4v) is 3.55. The van der Waals surface area contributed by atoms with Crippen LogP contribution in [0.1, 0.15) is 21.1 Å². The first-order valence-electron chi connectivity index (χ1n) is 10.1. The first-order valence-corrected chi connectivity index (χ1v) is 8.60. The Balaban J connectivity index is 1.90. The molecule has 0 N–H and O–H groups in total. The quantitative estimate of drug-likeness (QED) is 0.511. The summed E-state index contributed by atoms with van der Waals surface area (Å²) in [5.41, 5.74) is 6.19. The molecule has 5 nitrogen and oxygen atoms in total. The number of hydrogen-bond donors (Lipinski definition) is 0. The van der Waals surface area contributed by atoms with Crippen LogP contribution in [0.2, 0.25) is 0 Å². The molecule has 4 aromatic heterocycles. The second-order valence-electron chi connectivity index (χ2n) is 6.85. The maximum atomic E-state index is 7.71. The lowest BCUT2D eigenvalue weighted by atomic mass is 10.1. The molecule has 5 heteroatoms. The van der Waals surface area contributed by atoms with Gasteiger partial charge in [-0.2, -0.15) is 9.13 Å². The summed E-state index contributed by atoms with van der Waals surface area (Å²) >= 11 is 0. The molecule has 0 aliphatic heterocycles. The van der Waals surface area contributed by atoms with Crippen molar-refractivity contribution in [2.24, 2.45) is 21.1 Å². The normalized spacial score (nSPS) is 13.7. The smallest absolute Gasteiger partial charge is 0.277 e. The molecule has 0 aliphatic carbocycles. The molecule has 0 spiro atoms. The molecule has 26 heavy (non-hydrogen) atoms. The predicted molar refractivity (Wildman–Crippen MR) is 102 cm³/mol. The average Bonchev–Trinajstić information content (AvgIpc) is 3.13. The Morgan fingerprint density at radius 2 is 1.81 bits per heavy atom. The van der Waals surface area contributed by atoms with Crippen LogP contribution < -0.4 is 9.13 Å². The van der Waals surface area contributed by atoms with Crippen molar-refractivity contribution < 1.29 is 13.2 Å². The molecule has 4 rings (SSSR count). The SMILES string of the molecule is [2H]C([2H])([2H])c1nc2n(C)c(-c3cccc(-c4ccc(C)c[n+]4C)[n+]3C)cn2c1C. The summed E-state index contributed by atoms with van der Waals surface area (Å²) < 4.78 is 31.2. The second kappa shape index (κ2) is 5.80. The minimum absolute atomic E-state index is 0.152. The van der Waals surface area contributed by atoms with E-state index in [4.69, 9.17) is 4.11 Å². The summed E-state index contributed by atoms with van der Waals surface area (Å²) in [4.78, 5) is 4.41. The first kappa shape index (κ1) is 13.3. The van der Waals surface area contributed by atoms with Gasteiger partial charge in [0, 0.05) is 46.8 Å². The maximum absolute atomic E-state index is 7.71. The van der Waals surface area contributed by atoms with Gasteiger partial charge in [0.1, 0.15) is 19.8 Å². The minimum Gasteiger partial charge on any atom is -0.308 e. The lowest BCUT2D eigenvalue weighted by Crippen LogP contribution is -2.40. The summed E-state index contributed by atoms with van der Waals surface area (Å²) in [5.74, 6) is 0.620. The van der Waals surface area contributed by atoms with Crippen LogP contribution in [0.4, 0.5) is 0 Å². The Bertz CT molecular complexity index is 1250. The third-order valence-electron chi connectivity index (χ3n) is 5.08. The predicted octanol–water partition coefficient (Wildman–Crippen LogP) is 2.58. The number of pyridine rings is 2. The third-order valence-corrected chi connectivity index (χ3v) is 5.08. The monoisotopic (exact) mass is 350 g/mol. The van der Waals surface area contributed by atoms with Crippen molar-refractivity contribution in [3.05, 3.63) is 59.7 Å². The molecule has 0 fully saturated rings. The number of hydrogen-bond acceptors (Lipinski definition) is 1. The van der Waals surface area contributed by atoms with Crippen molar-refractivity contribution in [1.82, 2.24) is 14.0 Å². The molecule has 0 saturated carbocycles. The Hall–Kier alpha value is -2.95. The molecule has 0 radical (unpaired) electrons. The lowest BCUT2D eigenvalue weighted by molar-refractivity contribution is -0.685. The summed E-state index contributed by atoms with van der Waals surface area (Å²) in [5, 5.41) is 0. The Morgan fingerprint density at radius 1 is 1.04 bits per heavy atom. The van der Waals surface area contributed by atoms with Crippen LogP contribution in [0.3, 0.4) is 0 Å². The van der Waals surface area contributed by atoms with Gasteiger partial charge in [0.2, 0.25) is 11.5 Å². The van der Waals surface area contributed by atoms with Crippen LogP contribution >= 0.6 is 0 Å². The van der Waals surface area contributed by atoms with Gasteiger partial charge in [0.25, 0.3) is 11.4 Å². The van der Waals surface area contributed by atoms with Crippen LogP contribution in [-0.4, -0.2) is 14.0 Å². The van der Waals surface area contributed by atoms with E-state index in [2.05, 4.69) is 51.5 Å². The summed E-state index contributed by atoms with van der Waals surface area (Å²) in [7, 11) is 6.01. The molecule has 0 bridgehead atoms. The highest BCUT2D eigenvalue weighted by molar-refractivity contribution is 5.59. The van der Waals surface area contributed by atoms with E-state index in [1.54, 1.807) is 6.92 Å². The van der Waals surface area contributed by atoms with Gasteiger partial charge >= 0.3 is 0 Å². The minimum atomic E-state index is -2.22. The molecule has 0 amide bonds. The van der Waals surface area contributed by atoms with Gasteiger partial charge < -0.3 is 4.57 Å². The van der Waals surface area contributed by atoms with E-state index in [0.717, 1.165) is 22.8 Å². The third kappa shape index (κ3) is 2.35. The van der Waals surface area contributed by atoms with E-state index < -0.39 is 6.85 Å². The standard InChI is InChI=1S/C21H25N5/c1-14-10-11-17(23(4)12-14)18-8-7-9-19(24(18)5)20-13-26-16(3)15(2)22-21(26)25(20)6/h7-13H,1-6H3/q+2/i2D3. The molecule has 0 unspecified atom stereocenters. The maximum Gasteiger partial charge on any atom is 0.277 e. The molecular weight excluding hydrogens is 322 g/mol. The highest BCUT2D eigenvalue weighted by atomic mass is 15.2. The van der Waals surface area contributed by atoms with Crippen LogP contribution in [-0.2, 0) is 21.1 Å². The van der Waals surface area contributed by atoms with Crippen molar-refractivity contribution in [3.8, 4) is 22.8 Å². The van der Waals surface area contributed by atoms with Crippen molar-refractivity contribution in [2.45, 2.75) is 20.7 Å². The lowest BCUT2D eigenvalue weighted by Gasteiger charge is -2.05. The molecule has 4 aromatic rings. The molecule has 0 atom stereocenters. The largest absolute Gasteiger partial charge is 0.308 e. The van der Waals surface area contributed by atoms with E-state index >= 15 is 0 Å². The van der Waals surface area contributed by atoms with Crippen LogP contribution in [0.25, 0.3) is 28.6 Å². The average molecular weight is 350 g/mol. The van der Waals surface area contributed by atoms with Crippen LogP contribution in [0.15, 0.2) is 42.7 Å². The number of fused-ring (bicyclic) bond motifs is 1. The van der Waals surface area contributed by atoms with Gasteiger partial charge in [0.05, 0.1) is 5.69 Å². The number of aryl methyl sites for hydroxylation is 5. The molecule has 0 aliphatic rings. The van der Waals surface area contributed by atoms with E-state index in [0.29, 0.717) is 11.5 Å². The van der Waals surface area contributed by atoms with E-state index in [9.17, 15) is 0 Å². The Labute approximate surface area is 158 Å². The fourth-order valence-electron chi connectivity index (χ4n) is 3.55. The molecule has 4 heterocycles. The van der Waals surface area contributed by atoms with Gasteiger partial charge in [-0.3, -0.25) is 4.40 Å². The highest BCUT2D eigenvalue weighted by Crippen LogP contribution is 2.23. The number of imidazole rings is 2. The Kier molecular flexibility index (Phi) is 2.96. The van der Waals surface area contributed by atoms with Gasteiger partial charge in [-0.05, 0) is 32.8 Å². The van der Waals surface area contributed by atoms with E-state index in [1.807, 2.05) is 42.4 Å². The molecule has 0 saturated heterocycles. The molecular formula is C21H25N5+2. The zero-order chi connectivity index (χ0) is 21.1. The van der Waals surface area contributed by atoms with Gasteiger partial charge in [-0.15, -0.1) is 0 Å². The molecule has 132 valence electrons. The van der Waals surface area contributed by atoms with Crippen molar-refractivity contribution >= 4 is 5.78 Å². The second-order valence-corrected chi connectivity index (χ2v) is 6.85. The summed E-state index contributed by atoms with van der Waals surface area (Å²) in [6, 6.07) is 10.4. The van der Waals surface area contributed by atoms with Crippen LogP contribution in [0, 0.1) is 20.7 Å². The summed E-state index contributed by atoms with van der Waals surface area (Å²) in [6.07, 6.45) is 4.07. The highest BCUT2D eigenvalue weighted by Gasteiger charge is 2.25. The van der Waals surface area contributed by atoms with Gasteiger partial charge in [-0.1, -0.05) is 0 Å². The van der Waals surface area contributed by atoms with Crippen molar-refractivity contribution in [1.29, 1.82) is 0 Å². The zero-order valence-corrected chi connectivity index (χ0v) is 15.8. The number of nitrogens with zero attached hydrogens (tertiary/aromatic N) is 5. The number of rotatable bonds is 2. The summed E-state index contributed by atoms with van der Waals surface area (Å²) in [6.45, 7) is 1.66. The van der Waals surface area contributed by atoms with Gasteiger partial charge in [-0.25, -0.2) is 4.98 Å². The van der Waals surface area contributed by atoms with Crippen LogP contribution in [0.5, 0.6) is 0 Å². The number of aromatic nitrogens is 5. The Morgan fingerprint density at radius 3 is 2.50 bits per heavy atom. The molecule has 0 aromatic carbocycles. The first-order chi connectivity index (χ1) is 13.6. The van der Waals surface area contributed by atoms with E-state index in [1.165, 1.54) is 5.56 Å². The topological polar surface area (TPSA) is 30.0 Å². The fraction of sp³-hybridized carbons (Fsp3) is 0.286.